The molecule has 4 heteroatoms. The van der Waals surface area contributed by atoms with Gasteiger partial charge in [-0.25, -0.2) is 0 Å². The van der Waals surface area contributed by atoms with E-state index in [4.69, 9.17) is 5.11 Å². The van der Waals surface area contributed by atoms with Crippen molar-refractivity contribution in [1.82, 2.24) is 0 Å². The van der Waals surface area contributed by atoms with E-state index in [0.29, 0.717) is 19.3 Å². The molecule has 0 aliphatic heterocycles. The van der Waals surface area contributed by atoms with E-state index < -0.39 is 5.60 Å². The van der Waals surface area contributed by atoms with Gasteiger partial charge in [0, 0.05) is 19.8 Å². The molecule has 0 amide bonds. The van der Waals surface area contributed by atoms with Gasteiger partial charge >= 0.3 is 0 Å². The molecule has 0 aliphatic carbocycles. The Balaban J connectivity index is 4.99. The van der Waals surface area contributed by atoms with Gasteiger partial charge in [0.2, 0.25) is 0 Å². The second kappa shape index (κ2) is 11.4. The van der Waals surface area contributed by atoms with Crippen LogP contribution in [0.1, 0.15) is 66.2 Å². The van der Waals surface area contributed by atoms with Gasteiger partial charge in [0.1, 0.15) is 0 Å². The maximum absolute atomic E-state index is 11.3. The van der Waals surface area contributed by atoms with Gasteiger partial charge in [-0.2, -0.15) is 0 Å². The summed E-state index contributed by atoms with van der Waals surface area (Å²) >= 11 is 0. The Labute approximate surface area is 136 Å². The van der Waals surface area contributed by atoms with Gasteiger partial charge in [0.15, 0.2) is 0 Å². The van der Waals surface area contributed by atoms with Crippen LogP contribution in [0.5, 0.6) is 0 Å². The summed E-state index contributed by atoms with van der Waals surface area (Å²) in [6.07, 6.45) is 4.51. The van der Waals surface area contributed by atoms with Crippen molar-refractivity contribution in [3.63, 3.8) is 0 Å². The lowest BCUT2D eigenvalue weighted by Gasteiger charge is -2.39. The minimum Gasteiger partial charge on any atom is -0.396 e. The Hall–Kier alpha value is -0.160. The molecule has 4 nitrogen and oxygen atoms in total. The van der Waals surface area contributed by atoms with Crippen LogP contribution < -0.4 is 0 Å². The molecule has 0 aromatic carbocycles. The topological polar surface area (TPSA) is 80.9 Å². The van der Waals surface area contributed by atoms with Crippen molar-refractivity contribution in [3.8, 4) is 0 Å². The van der Waals surface area contributed by atoms with Gasteiger partial charge in [0.05, 0.1) is 5.60 Å². The van der Waals surface area contributed by atoms with Gasteiger partial charge in [-0.1, -0.05) is 34.1 Å². The lowest BCUT2D eigenvalue weighted by Crippen LogP contribution is -2.41. The Bertz CT molecular complexity index is 272. The van der Waals surface area contributed by atoms with Gasteiger partial charge in [-0.05, 0) is 55.8 Å². The fourth-order valence-corrected chi connectivity index (χ4v) is 3.31. The van der Waals surface area contributed by atoms with Crippen molar-refractivity contribution >= 4 is 0 Å². The van der Waals surface area contributed by atoms with E-state index >= 15 is 0 Å². The molecule has 0 bridgehead atoms. The number of aliphatic hydroxyl groups is 4. The van der Waals surface area contributed by atoms with Gasteiger partial charge in [-0.3, -0.25) is 0 Å². The molecule has 0 radical (unpaired) electrons. The second-order valence-corrected chi connectivity index (χ2v) is 7.38. The summed E-state index contributed by atoms with van der Waals surface area (Å²) in [7, 11) is 0. The molecule has 22 heavy (non-hydrogen) atoms. The van der Waals surface area contributed by atoms with E-state index in [1.54, 1.807) is 0 Å². The highest BCUT2D eigenvalue weighted by atomic mass is 16.3. The number of hydrogen-bond acceptors (Lipinski definition) is 4. The molecule has 0 spiro atoms. The minimum absolute atomic E-state index is 0.140. The maximum atomic E-state index is 11.3. The quantitative estimate of drug-likeness (QED) is 0.421. The zero-order chi connectivity index (χ0) is 17.2. The number of aliphatic hydroxyl groups excluding tert-OH is 3. The van der Waals surface area contributed by atoms with E-state index in [9.17, 15) is 15.3 Å². The summed E-state index contributed by atoms with van der Waals surface area (Å²) in [4.78, 5) is 0. The largest absolute Gasteiger partial charge is 0.396 e. The molecule has 0 aromatic heterocycles. The van der Waals surface area contributed by atoms with Crippen LogP contribution in [0.2, 0.25) is 0 Å². The van der Waals surface area contributed by atoms with E-state index in [1.165, 1.54) is 0 Å². The highest BCUT2D eigenvalue weighted by Gasteiger charge is 2.37. The zero-order valence-corrected chi connectivity index (χ0v) is 15.0. The first-order valence-corrected chi connectivity index (χ1v) is 8.87. The summed E-state index contributed by atoms with van der Waals surface area (Å²) in [5.41, 5.74) is -0.782. The predicted molar refractivity (Wildman–Crippen MR) is 90.6 cm³/mol. The fraction of sp³-hybridized carbons (Fsp3) is 1.00. The fourth-order valence-electron chi connectivity index (χ4n) is 3.31. The Morgan fingerprint density at radius 1 is 0.864 bits per heavy atom. The summed E-state index contributed by atoms with van der Waals surface area (Å²) < 4.78 is 0. The Morgan fingerprint density at radius 2 is 1.45 bits per heavy atom. The van der Waals surface area contributed by atoms with Crippen LogP contribution in [0.15, 0.2) is 0 Å². The highest BCUT2D eigenvalue weighted by molar-refractivity contribution is 4.88. The molecule has 0 rings (SSSR count). The van der Waals surface area contributed by atoms with E-state index in [2.05, 4.69) is 13.8 Å². The smallest absolute Gasteiger partial charge is 0.0678 e. The SMILES string of the molecule is CCC(CC(C)CO)C(O)(CCC(C)CO)CC(C)CCO. The molecule has 134 valence electrons. The maximum Gasteiger partial charge on any atom is 0.0678 e. The van der Waals surface area contributed by atoms with Crippen molar-refractivity contribution in [2.45, 2.75) is 71.8 Å². The molecule has 0 saturated heterocycles. The third-order valence-electron chi connectivity index (χ3n) is 4.96. The third-order valence-corrected chi connectivity index (χ3v) is 4.96. The minimum atomic E-state index is -0.782. The van der Waals surface area contributed by atoms with Crippen LogP contribution in [-0.2, 0) is 0 Å². The first kappa shape index (κ1) is 21.8. The van der Waals surface area contributed by atoms with E-state index in [1.807, 2.05) is 13.8 Å². The molecule has 0 fully saturated rings. The number of rotatable bonds is 13. The van der Waals surface area contributed by atoms with E-state index in [0.717, 1.165) is 19.3 Å². The number of hydrogen-bond donors (Lipinski definition) is 4. The summed E-state index contributed by atoms with van der Waals surface area (Å²) in [5, 5.41) is 39.0. The first-order valence-electron chi connectivity index (χ1n) is 8.87. The molecule has 0 saturated carbocycles. The van der Waals surface area contributed by atoms with Crippen LogP contribution in [-0.4, -0.2) is 45.8 Å². The molecule has 0 aliphatic rings. The average molecular weight is 318 g/mol. The lowest BCUT2D eigenvalue weighted by molar-refractivity contribution is -0.0616. The molecule has 0 heterocycles. The van der Waals surface area contributed by atoms with Crippen molar-refractivity contribution in [2.24, 2.45) is 23.7 Å². The Kier molecular flexibility index (Phi) is 11.3. The van der Waals surface area contributed by atoms with Crippen molar-refractivity contribution in [1.29, 1.82) is 0 Å². The third kappa shape index (κ3) is 7.91. The van der Waals surface area contributed by atoms with Crippen molar-refractivity contribution in [2.75, 3.05) is 19.8 Å². The standard InChI is InChI=1S/C18H38O4/c1-5-17(10-16(4)13-21)18(22,8-6-15(3)12-20)11-14(2)7-9-19/h14-17,19-22H,5-13H2,1-4H3. The van der Waals surface area contributed by atoms with Crippen molar-refractivity contribution < 1.29 is 20.4 Å². The summed E-state index contributed by atoms with van der Waals surface area (Å²) in [6, 6.07) is 0. The molecule has 0 aromatic rings. The first-order chi connectivity index (χ1) is 10.3. The van der Waals surface area contributed by atoms with Gasteiger partial charge < -0.3 is 20.4 Å². The second-order valence-electron chi connectivity index (χ2n) is 7.38. The van der Waals surface area contributed by atoms with Crippen LogP contribution in [0.3, 0.4) is 0 Å². The zero-order valence-electron chi connectivity index (χ0n) is 15.0. The average Bonchev–Trinajstić information content (AvgIpc) is 2.49. The van der Waals surface area contributed by atoms with Crippen LogP contribution in [0, 0.1) is 23.7 Å². The van der Waals surface area contributed by atoms with Gasteiger partial charge in [-0.15, -0.1) is 0 Å². The molecule has 5 unspecified atom stereocenters. The molecular weight excluding hydrogens is 280 g/mol. The van der Waals surface area contributed by atoms with Crippen LogP contribution in [0.25, 0.3) is 0 Å². The monoisotopic (exact) mass is 318 g/mol. The molecular formula is C18H38O4. The van der Waals surface area contributed by atoms with Gasteiger partial charge in [0.25, 0.3) is 0 Å². The van der Waals surface area contributed by atoms with E-state index in [-0.39, 0.29) is 43.5 Å². The molecule has 5 atom stereocenters. The summed E-state index contributed by atoms with van der Waals surface area (Å²) in [5.74, 6) is 0.770. The highest BCUT2D eigenvalue weighted by Crippen LogP contribution is 2.37. The van der Waals surface area contributed by atoms with Crippen LogP contribution >= 0.6 is 0 Å². The van der Waals surface area contributed by atoms with Crippen molar-refractivity contribution in [3.05, 3.63) is 0 Å². The lowest BCUT2D eigenvalue weighted by atomic mass is 9.71. The Morgan fingerprint density at radius 3 is 1.91 bits per heavy atom. The molecule has 4 N–H and O–H groups in total. The normalized spacial score (nSPS) is 20.2. The summed E-state index contributed by atoms with van der Waals surface area (Å²) in [6.45, 7) is 8.60. The van der Waals surface area contributed by atoms with Crippen LogP contribution in [0.4, 0.5) is 0 Å². The predicted octanol–water partition coefficient (Wildman–Crippen LogP) is 2.58.